The summed E-state index contributed by atoms with van der Waals surface area (Å²) in [6.07, 6.45) is 7.29. The number of rotatable bonds is 10. The maximum absolute atomic E-state index is 15.7. The minimum Gasteiger partial charge on any atom is -0.339 e. The highest BCUT2D eigenvalue weighted by molar-refractivity contribution is 6.01. The second kappa shape index (κ2) is 16.0. The van der Waals surface area contributed by atoms with Crippen molar-refractivity contribution in [1.82, 2.24) is 25.3 Å². The van der Waals surface area contributed by atoms with Crippen molar-refractivity contribution in [2.24, 2.45) is 17.8 Å². The number of halogens is 4. The zero-order valence-corrected chi connectivity index (χ0v) is 28.7. The molecule has 2 aromatic rings. The molecule has 3 atom stereocenters. The number of aromatic nitrogens is 2. The summed E-state index contributed by atoms with van der Waals surface area (Å²) in [5.74, 6) is -3.22. The van der Waals surface area contributed by atoms with Gasteiger partial charge in [-0.2, -0.15) is 18.3 Å². The molecule has 5 rings (SSSR count). The molecule has 0 radical (unpaired) electrons. The first-order valence-electron chi connectivity index (χ1n) is 17.9. The fraction of sp³-hybridized carbons (Fsp3) is 0.667. The third-order valence-corrected chi connectivity index (χ3v) is 10.8. The van der Waals surface area contributed by atoms with Crippen LogP contribution in [0.25, 0.3) is 0 Å². The molecule has 2 saturated carbocycles. The van der Waals surface area contributed by atoms with Gasteiger partial charge in [-0.15, -0.1) is 0 Å². The van der Waals surface area contributed by atoms with Gasteiger partial charge in [0.05, 0.1) is 11.6 Å². The number of carbonyl (C=O) groups excluding carboxylic acids is 3. The number of piperazine rings is 1. The third-order valence-electron chi connectivity index (χ3n) is 10.8. The summed E-state index contributed by atoms with van der Waals surface area (Å²) in [6.45, 7) is 5.00. The fourth-order valence-electron chi connectivity index (χ4n) is 8.19. The van der Waals surface area contributed by atoms with E-state index in [0.29, 0.717) is 5.69 Å². The molecule has 1 aliphatic heterocycles. The molecule has 9 nitrogen and oxygen atoms in total. The van der Waals surface area contributed by atoms with Crippen molar-refractivity contribution in [3.05, 3.63) is 47.5 Å². The number of anilines is 1. The van der Waals surface area contributed by atoms with Crippen molar-refractivity contribution in [2.75, 3.05) is 25.0 Å². The summed E-state index contributed by atoms with van der Waals surface area (Å²) in [6, 6.07) is 2.54. The van der Waals surface area contributed by atoms with Crippen molar-refractivity contribution in [3.8, 4) is 0 Å². The van der Waals surface area contributed by atoms with E-state index in [0.717, 1.165) is 75.2 Å². The zero-order valence-electron chi connectivity index (χ0n) is 28.7. The van der Waals surface area contributed by atoms with Gasteiger partial charge in [-0.25, -0.2) is 4.39 Å². The summed E-state index contributed by atoms with van der Waals surface area (Å²) >= 11 is 0. The molecule has 3 unspecified atom stereocenters. The number of hydrogen-bond acceptors (Lipinski definition) is 5. The van der Waals surface area contributed by atoms with Crippen LogP contribution >= 0.6 is 0 Å². The molecule has 0 bridgehead atoms. The Balaban J connectivity index is 1.40. The highest BCUT2D eigenvalue weighted by Gasteiger charge is 2.47. The summed E-state index contributed by atoms with van der Waals surface area (Å²) in [7, 11) is 0. The van der Waals surface area contributed by atoms with E-state index in [1.165, 1.54) is 19.1 Å². The second-order valence-electron chi connectivity index (χ2n) is 14.3. The van der Waals surface area contributed by atoms with Crippen LogP contribution in [0.15, 0.2) is 30.5 Å². The monoisotopic (exact) mass is 690 g/mol. The Morgan fingerprint density at radius 3 is 2.14 bits per heavy atom. The van der Waals surface area contributed by atoms with Crippen LogP contribution in [0.3, 0.4) is 0 Å². The van der Waals surface area contributed by atoms with Crippen LogP contribution in [-0.2, 0) is 9.59 Å². The largest absolute Gasteiger partial charge is 0.410 e. The molecule has 1 aromatic carbocycles. The predicted molar refractivity (Wildman–Crippen MR) is 178 cm³/mol. The number of nitrogens with one attached hydrogen (secondary N) is 3. The molecule has 3 fully saturated rings. The Morgan fingerprint density at radius 2 is 1.57 bits per heavy atom. The topological polar surface area (TPSA) is 108 Å². The quantitative estimate of drug-likeness (QED) is 0.244. The molecule has 1 saturated heterocycles. The lowest BCUT2D eigenvalue weighted by Gasteiger charge is -2.42. The van der Waals surface area contributed by atoms with Crippen molar-refractivity contribution < 1.29 is 31.9 Å². The number of benzene rings is 1. The molecule has 2 aliphatic carbocycles. The smallest absolute Gasteiger partial charge is 0.339 e. The second-order valence-corrected chi connectivity index (χ2v) is 14.3. The molecule has 49 heavy (non-hydrogen) atoms. The average Bonchev–Trinajstić information content (AvgIpc) is 3.60. The minimum atomic E-state index is -4.60. The Bertz CT molecular complexity index is 1430. The van der Waals surface area contributed by atoms with E-state index in [9.17, 15) is 27.6 Å². The van der Waals surface area contributed by atoms with Crippen molar-refractivity contribution in [1.29, 1.82) is 0 Å². The molecule has 2 heterocycles. The van der Waals surface area contributed by atoms with E-state index in [4.69, 9.17) is 0 Å². The average molecular weight is 691 g/mol. The van der Waals surface area contributed by atoms with Gasteiger partial charge in [0, 0.05) is 31.9 Å². The predicted octanol–water partition coefficient (Wildman–Crippen LogP) is 6.58. The van der Waals surface area contributed by atoms with Gasteiger partial charge in [0.15, 0.2) is 0 Å². The Kier molecular flexibility index (Phi) is 12.0. The van der Waals surface area contributed by atoms with Crippen LogP contribution in [0.2, 0.25) is 0 Å². The van der Waals surface area contributed by atoms with E-state index in [1.54, 1.807) is 16.9 Å². The third kappa shape index (κ3) is 8.64. The SMILES string of the molecule is CC(C(=O)N1CCNCC1C(F)(F)F)c1ccc(NC(=O)C(NC(=O)c2ccnn2C(C)C)C(C2CCCCC2)C2CCCCC2)c(F)c1. The van der Waals surface area contributed by atoms with Crippen LogP contribution in [0.5, 0.6) is 0 Å². The maximum atomic E-state index is 15.7. The molecular weight excluding hydrogens is 640 g/mol. The standard InChI is InChI=1S/C36H50F4N6O3/c1-22(2)46-29(16-17-42-46)33(47)44-32(31(24-10-6-4-7-11-24)25-12-8-5-9-13-25)34(48)43-28-15-14-26(20-27(28)37)23(3)35(49)45-19-18-41-21-30(45)36(38,39)40/h14-17,20,22-25,30-32,41H,4-13,18-19,21H2,1-3H3,(H,43,48)(H,44,47). The molecule has 0 spiro atoms. The van der Waals surface area contributed by atoms with Gasteiger partial charge < -0.3 is 20.9 Å². The van der Waals surface area contributed by atoms with Crippen molar-refractivity contribution in [2.45, 2.75) is 115 Å². The lowest BCUT2D eigenvalue weighted by atomic mass is 9.66. The fourth-order valence-corrected chi connectivity index (χ4v) is 8.19. The van der Waals surface area contributed by atoms with Gasteiger partial charge in [-0.3, -0.25) is 19.1 Å². The molecule has 3 amide bonds. The highest BCUT2D eigenvalue weighted by Crippen LogP contribution is 2.42. The van der Waals surface area contributed by atoms with Crippen LogP contribution in [0, 0.1) is 23.6 Å². The highest BCUT2D eigenvalue weighted by atomic mass is 19.4. The number of amides is 3. The van der Waals surface area contributed by atoms with Crippen molar-refractivity contribution >= 4 is 23.4 Å². The van der Waals surface area contributed by atoms with Gasteiger partial charge in [-0.05, 0) is 62.3 Å². The Hall–Kier alpha value is -3.48. The van der Waals surface area contributed by atoms with Crippen LogP contribution in [0.4, 0.5) is 23.2 Å². The molecule has 1 aromatic heterocycles. The summed E-state index contributed by atoms with van der Waals surface area (Å²) in [4.78, 5) is 42.1. The Morgan fingerprint density at radius 1 is 0.939 bits per heavy atom. The molecule has 13 heteroatoms. The number of carbonyl (C=O) groups is 3. The Labute approximate surface area is 285 Å². The minimum absolute atomic E-state index is 0.0803. The van der Waals surface area contributed by atoms with Crippen LogP contribution < -0.4 is 16.0 Å². The lowest BCUT2D eigenvalue weighted by molar-refractivity contribution is -0.193. The van der Waals surface area contributed by atoms with Gasteiger partial charge in [-0.1, -0.05) is 70.3 Å². The summed E-state index contributed by atoms with van der Waals surface area (Å²) in [5.41, 5.74) is 0.417. The first-order chi connectivity index (χ1) is 23.4. The molecule has 3 N–H and O–H groups in total. The zero-order chi connectivity index (χ0) is 35.3. The van der Waals surface area contributed by atoms with E-state index in [-0.39, 0.29) is 48.1 Å². The lowest BCUT2D eigenvalue weighted by Crippen LogP contribution is -2.60. The summed E-state index contributed by atoms with van der Waals surface area (Å²) in [5, 5.41) is 12.8. The number of hydrogen-bond donors (Lipinski definition) is 3. The molecule has 3 aliphatic rings. The maximum Gasteiger partial charge on any atom is 0.410 e. The van der Waals surface area contributed by atoms with Crippen LogP contribution in [-0.4, -0.2) is 70.3 Å². The number of alkyl halides is 3. The first-order valence-corrected chi connectivity index (χ1v) is 17.9. The first kappa shape index (κ1) is 36.8. The number of nitrogens with zero attached hydrogens (tertiary/aromatic N) is 3. The molecular formula is C36H50F4N6O3. The van der Waals surface area contributed by atoms with Crippen molar-refractivity contribution in [3.63, 3.8) is 0 Å². The van der Waals surface area contributed by atoms with Crippen LogP contribution in [0.1, 0.15) is 113 Å². The van der Waals surface area contributed by atoms with Gasteiger partial charge >= 0.3 is 6.18 Å². The van der Waals surface area contributed by atoms with Gasteiger partial charge in [0.1, 0.15) is 23.6 Å². The van der Waals surface area contributed by atoms with E-state index < -0.39 is 54.3 Å². The van der Waals surface area contributed by atoms with E-state index >= 15 is 4.39 Å². The normalized spacial score (nSPS) is 21.1. The summed E-state index contributed by atoms with van der Waals surface area (Å²) < 4.78 is 58.3. The molecule has 270 valence electrons. The van der Waals surface area contributed by atoms with Gasteiger partial charge in [0.25, 0.3) is 5.91 Å². The van der Waals surface area contributed by atoms with Gasteiger partial charge in [0.2, 0.25) is 11.8 Å². The van der Waals surface area contributed by atoms with E-state index in [2.05, 4.69) is 21.0 Å². The van der Waals surface area contributed by atoms with E-state index in [1.807, 2.05) is 13.8 Å².